The molecular weight excluding hydrogens is 307 g/mol. The molecule has 5 heteroatoms. The van der Waals surface area contributed by atoms with Gasteiger partial charge in [-0.1, -0.05) is 18.2 Å². The molecule has 0 spiro atoms. The van der Waals surface area contributed by atoms with Crippen LogP contribution in [0.4, 0.5) is 4.39 Å². The summed E-state index contributed by atoms with van der Waals surface area (Å²) in [5, 5.41) is 9.96. The lowest BCUT2D eigenvalue weighted by Crippen LogP contribution is -2.35. The van der Waals surface area contributed by atoms with Crippen LogP contribution < -0.4 is 0 Å². The number of ether oxygens (including phenoxy) is 1. The second-order valence-corrected chi connectivity index (χ2v) is 5.85. The Labute approximate surface area is 142 Å². The zero-order valence-corrected chi connectivity index (χ0v) is 14.1. The lowest BCUT2D eigenvalue weighted by molar-refractivity contribution is 0.0381. The molecule has 0 fully saturated rings. The van der Waals surface area contributed by atoms with Crippen molar-refractivity contribution >= 4 is 0 Å². The van der Waals surface area contributed by atoms with E-state index in [0.29, 0.717) is 32.8 Å². The van der Waals surface area contributed by atoms with Crippen LogP contribution in [0.5, 0.6) is 0 Å². The highest BCUT2D eigenvalue weighted by atomic mass is 19.1. The van der Waals surface area contributed by atoms with Crippen LogP contribution in [0.25, 0.3) is 0 Å². The third kappa shape index (κ3) is 5.60. The number of hydrogen-bond donors (Lipinski definition) is 1. The smallest absolute Gasteiger partial charge is 0.123 e. The summed E-state index contributed by atoms with van der Waals surface area (Å²) in [6.45, 7) is 6.67. The van der Waals surface area contributed by atoms with Gasteiger partial charge < -0.3 is 14.4 Å². The van der Waals surface area contributed by atoms with Crippen molar-refractivity contribution in [3.05, 3.63) is 72.3 Å². The van der Waals surface area contributed by atoms with Crippen LogP contribution in [0.15, 0.2) is 55.3 Å². The Kier molecular flexibility index (Phi) is 7.18. The molecule has 130 valence electrons. The first-order valence-electron chi connectivity index (χ1n) is 8.01. The Bertz CT molecular complexity index is 625. The number of nitrogens with zero attached hydrogens (tertiary/aromatic N) is 2. The molecule has 0 aliphatic carbocycles. The fourth-order valence-electron chi connectivity index (χ4n) is 2.69. The molecule has 1 unspecified atom stereocenters. The maximum atomic E-state index is 13.0. The van der Waals surface area contributed by atoms with Crippen molar-refractivity contribution in [2.45, 2.75) is 19.2 Å². The number of aromatic nitrogens is 1. The summed E-state index contributed by atoms with van der Waals surface area (Å²) in [6.07, 6.45) is 3.30. The van der Waals surface area contributed by atoms with E-state index in [1.807, 2.05) is 18.3 Å². The minimum absolute atomic E-state index is 0.226. The summed E-state index contributed by atoms with van der Waals surface area (Å²) >= 11 is 0. The number of aliphatic hydroxyl groups excluding tert-OH is 1. The van der Waals surface area contributed by atoms with Gasteiger partial charge in [0, 0.05) is 45.2 Å². The van der Waals surface area contributed by atoms with Gasteiger partial charge in [0.05, 0.1) is 12.7 Å². The molecule has 2 aromatic rings. The van der Waals surface area contributed by atoms with Crippen molar-refractivity contribution in [2.24, 2.45) is 0 Å². The molecule has 2 rings (SSSR count). The zero-order valence-electron chi connectivity index (χ0n) is 14.1. The van der Waals surface area contributed by atoms with Gasteiger partial charge in [0.25, 0.3) is 0 Å². The van der Waals surface area contributed by atoms with Crippen molar-refractivity contribution in [1.82, 2.24) is 9.47 Å². The van der Waals surface area contributed by atoms with Gasteiger partial charge in [0.2, 0.25) is 0 Å². The molecule has 1 heterocycles. The minimum Gasteiger partial charge on any atom is -0.389 e. The molecule has 0 saturated carbocycles. The van der Waals surface area contributed by atoms with Gasteiger partial charge in [-0.05, 0) is 29.8 Å². The van der Waals surface area contributed by atoms with E-state index in [4.69, 9.17) is 4.74 Å². The first kappa shape index (κ1) is 18.4. The van der Waals surface area contributed by atoms with E-state index in [2.05, 4.69) is 22.1 Å². The Hall–Kier alpha value is -1.95. The fourth-order valence-corrected chi connectivity index (χ4v) is 2.69. The van der Waals surface area contributed by atoms with Crippen molar-refractivity contribution < 1.29 is 14.2 Å². The van der Waals surface area contributed by atoms with E-state index in [0.717, 1.165) is 11.3 Å². The summed E-state index contributed by atoms with van der Waals surface area (Å²) in [5.41, 5.74) is 2.18. The second-order valence-electron chi connectivity index (χ2n) is 5.85. The number of benzene rings is 1. The Morgan fingerprint density at radius 3 is 2.75 bits per heavy atom. The van der Waals surface area contributed by atoms with Crippen LogP contribution in [-0.4, -0.2) is 47.5 Å². The first-order chi connectivity index (χ1) is 11.6. The van der Waals surface area contributed by atoms with E-state index in [9.17, 15) is 9.50 Å². The van der Waals surface area contributed by atoms with E-state index in [1.165, 1.54) is 12.1 Å². The SMILES string of the molecule is C=CCN(Cc1cccn1Cc1ccc(F)cc1)CC(O)COC. The number of methoxy groups -OCH3 is 1. The van der Waals surface area contributed by atoms with Crippen LogP contribution in [-0.2, 0) is 17.8 Å². The van der Waals surface area contributed by atoms with Crippen molar-refractivity contribution in [3.8, 4) is 0 Å². The molecule has 1 aromatic carbocycles. The Morgan fingerprint density at radius 1 is 1.33 bits per heavy atom. The summed E-state index contributed by atoms with van der Waals surface area (Å²) in [5.74, 6) is -0.226. The average Bonchev–Trinajstić information content (AvgIpc) is 2.97. The largest absolute Gasteiger partial charge is 0.389 e. The summed E-state index contributed by atoms with van der Waals surface area (Å²) in [7, 11) is 1.58. The predicted molar refractivity (Wildman–Crippen MR) is 93.3 cm³/mol. The zero-order chi connectivity index (χ0) is 17.4. The standard InChI is InChI=1S/C19H25FN2O2/c1-3-10-21(14-19(23)15-24-2)13-18-5-4-11-22(18)12-16-6-8-17(20)9-7-16/h3-9,11,19,23H,1,10,12-15H2,2H3. The number of aliphatic hydroxyl groups is 1. The van der Waals surface area contributed by atoms with Crippen LogP contribution in [0.1, 0.15) is 11.3 Å². The van der Waals surface area contributed by atoms with Gasteiger partial charge in [-0.15, -0.1) is 6.58 Å². The van der Waals surface area contributed by atoms with Gasteiger partial charge in [-0.3, -0.25) is 4.90 Å². The molecular formula is C19H25FN2O2. The molecule has 1 N–H and O–H groups in total. The average molecular weight is 332 g/mol. The monoisotopic (exact) mass is 332 g/mol. The van der Waals surface area contributed by atoms with Crippen molar-refractivity contribution in [3.63, 3.8) is 0 Å². The van der Waals surface area contributed by atoms with E-state index < -0.39 is 6.10 Å². The Balaban J connectivity index is 2.03. The van der Waals surface area contributed by atoms with Crippen LogP contribution in [0.3, 0.4) is 0 Å². The summed E-state index contributed by atoms with van der Waals surface area (Å²) in [4.78, 5) is 2.12. The highest BCUT2D eigenvalue weighted by Gasteiger charge is 2.13. The fraction of sp³-hybridized carbons (Fsp3) is 0.368. The summed E-state index contributed by atoms with van der Waals surface area (Å²) in [6, 6.07) is 10.6. The summed E-state index contributed by atoms with van der Waals surface area (Å²) < 4.78 is 20.2. The maximum Gasteiger partial charge on any atom is 0.123 e. The molecule has 0 aliphatic rings. The number of hydrogen-bond acceptors (Lipinski definition) is 3. The van der Waals surface area contributed by atoms with E-state index in [1.54, 1.807) is 19.2 Å². The molecule has 4 nitrogen and oxygen atoms in total. The van der Waals surface area contributed by atoms with Gasteiger partial charge in [-0.2, -0.15) is 0 Å². The lowest BCUT2D eigenvalue weighted by atomic mass is 10.2. The normalized spacial score (nSPS) is 12.5. The minimum atomic E-state index is -0.532. The van der Waals surface area contributed by atoms with Crippen molar-refractivity contribution in [2.75, 3.05) is 26.8 Å². The highest BCUT2D eigenvalue weighted by molar-refractivity contribution is 5.18. The molecule has 0 radical (unpaired) electrons. The maximum absolute atomic E-state index is 13.0. The molecule has 0 saturated heterocycles. The molecule has 1 atom stereocenters. The quantitative estimate of drug-likeness (QED) is 0.680. The predicted octanol–water partition coefficient (Wildman–Crippen LogP) is 2.67. The van der Waals surface area contributed by atoms with Gasteiger partial charge >= 0.3 is 0 Å². The van der Waals surface area contributed by atoms with Gasteiger partial charge in [0.1, 0.15) is 5.82 Å². The molecule has 0 aliphatic heterocycles. The Morgan fingerprint density at radius 2 is 2.08 bits per heavy atom. The van der Waals surface area contributed by atoms with Crippen LogP contribution in [0.2, 0.25) is 0 Å². The van der Waals surface area contributed by atoms with E-state index in [-0.39, 0.29) is 5.82 Å². The molecule has 0 amide bonds. The second kappa shape index (κ2) is 9.37. The lowest BCUT2D eigenvalue weighted by Gasteiger charge is -2.24. The molecule has 0 bridgehead atoms. The van der Waals surface area contributed by atoms with Crippen molar-refractivity contribution in [1.29, 1.82) is 0 Å². The van der Waals surface area contributed by atoms with Gasteiger partial charge in [-0.25, -0.2) is 4.39 Å². The third-order valence-electron chi connectivity index (χ3n) is 3.79. The van der Waals surface area contributed by atoms with Crippen LogP contribution >= 0.6 is 0 Å². The highest BCUT2D eigenvalue weighted by Crippen LogP contribution is 2.12. The first-order valence-corrected chi connectivity index (χ1v) is 8.01. The van der Waals surface area contributed by atoms with Crippen LogP contribution in [0, 0.1) is 5.82 Å². The number of halogens is 1. The third-order valence-corrected chi connectivity index (χ3v) is 3.79. The van der Waals surface area contributed by atoms with E-state index >= 15 is 0 Å². The molecule has 1 aromatic heterocycles. The number of rotatable bonds is 10. The van der Waals surface area contributed by atoms with Gasteiger partial charge in [0.15, 0.2) is 0 Å². The molecule has 24 heavy (non-hydrogen) atoms. The topological polar surface area (TPSA) is 37.6 Å².